The van der Waals surface area contributed by atoms with Crippen molar-refractivity contribution >= 4 is 5.97 Å². The normalized spacial score (nSPS) is 33.7. The number of carbonyl (C=O) groups excluding carboxylic acids is 1. The van der Waals surface area contributed by atoms with Crippen molar-refractivity contribution in [1.82, 2.24) is 0 Å². The monoisotopic (exact) mass is 318 g/mol. The number of fused-ring (bicyclic) bond motifs is 2. The lowest BCUT2D eigenvalue weighted by Gasteiger charge is -2.68. The van der Waals surface area contributed by atoms with E-state index in [-0.39, 0.29) is 28.1 Å². The summed E-state index contributed by atoms with van der Waals surface area (Å²) in [5, 5.41) is 0. The van der Waals surface area contributed by atoms with Gasteiger partial charge in [-0.3, -0.25) is 4.79 Å². The molecular formula is C22H22O2. The first-order chi connectivity index (χ1) is 11.5. The van der Waals surface area contributed by atoms with E-state index in [4.69, 9.17) is 4.74 Å². The van der Waals surface area contributed by atoms with E-state index in [1.54, 1.807) is 0 Å². The maximum absolute atomic E-state index is 12.8. The first-order valence-corrected chi connectivity index (χ1v) is 8.75. The Kier molecular flexibility index (Phi) is 2.44. The van der Waals surface area contributed by atoms with Crippen LogP contribution < -0.4 is 0 Å². The predicted molar refractivity (Wildman–Crippen MR) is 92.9 cm³/mol. The van der Waals surface area contributed by atoms with Crippen molar-refractivity contribution in [2.75, 3.05) is 7.11 Å². The number of esters is 1. The van der Waals surface area contributed by atoms with Gasteiger partial charge in [-0.25, -0.2) is 0 Å². The average Bonchev–Trinajstić information content (AvgIpc) is 2.98. The Balaban J connectivity index is 1.85. The Bertz CT molecular complexity index is 881. The van der Waals surface area contributed by atoms with E-state index in [0.717, 1.165) is 12.8 Å². The number of rotatable bonds is 1. The van der Waals surface area contributed by atoms with Gasteiger partial charge >= 0.3 is 5.97 Å². The van der Waals surface area contributed by atoms with Crippen molar-refractivity contribution in [1.29, 1.82) is 0 Å². The number of hydrogen-bond acceptors (Lipinski definition) is 2. The van der Waals surface area contributed by atoms with E-state index < -0.39 is 0 Å². The summed E-state index contributed by atoms with van der Waals surface area (Å²) in [5.41, 5.74) is 5.40. The Morgan fingerprint density at radius 3 is 2.21 bits per heavy atom. The van der Waals surface area contributed by atoms with Gasteiger partial charge in [0.2, 0.25) is 0 Å². The molecule has 0 N–H and O–H groups in total. The van der Waals surface area contributed by atoms with Gasteiger partial charge < -0.3 is 4.74 Å². The second-order valence-electron chi connectivity index (χ2n) is 8.22. The Hall–Kier alpha value is -2.09. The van der Waals surface area contributed by atoms with E-state index in [2.05, 4.69) is 62.4 Å². The Morgan fingerprint density at radius 2 is 1.54 bits per heavy atom. The molecule has 24 heavy (non-hydrogen) atoms. The number of benzene rings is 2. The highest BCUT2D eigenvalue weighted by molar-refractivity contribution is 5.83. The lowest BCUT2D eigenvalue weighted by Crippen LogP contribution is -2.74. The van der Waals surface area contributed by atoms with E-state index in [1.807, 2.05) is 0 Å². The minimum Gasteiger partial charge on any atom is -0.469 e. The third kappa shape index (κ3) is 1.17. The van der Waals surface area contributed by atoms with Gasteiger partial charge in [-0.15, -0.1) is 0 Å². The summed E-state index contributed by atoms with van der Waals surface area (Å²) < 4.78 is 5.27. The fourth-order valence-corrected chi connectivity index (χ4v) is 6.81. The molecule has 2 aromatic carbocycles. The molecule has 0 aliphatic heterocycles. The van der Waals surface area contributed by atoms with E-state index in [9.17, 15) is 4.79 Å². The molecule has 0 radical (unpaired) electrons. The zero-order valence-electron chi connectivity index (χ0n) is 14.4. The van der Waals surface area contributed by atoms with E-state index in [1.165, 1.54) is 29.4 Å². The predicted octanol–water partition coefficient (Wildman–Crippen LogP) is 3.80. The standard InChI is InChI=1S/C22H22O2/c1-20(2)18(19(23)24-3)21-12-14-8-5-7-11-17(14)22(20,21)13-15-9-4-6-10-16(15)21/h4-11,18H,12-13H2,1-3H3. The Morgan fingerprint density at radius 1 is 0.958 bits per heavy atom. The van der Waals surface area contributed by atoms with Crippen LogP contribution in [0.15, 0.2) is 48.5 Å². The maximum Gasteiger partial charge on any atom is 0.310 e. The smallest absolute Gasteiger partial charge is 0.310 e. The molecule has 122 valence electrons. The first kappa shape index (κ1) is 14.3. The van der Waals surface area contributed by atoms with Crippen molar-refractivity contribution in [3.05, 3.63) is 70.8 Å². The molecule has 0 bridgehead atoms. The van der Waals surface area contributed by atoms with Gasteiger partial charge in [0.1, 0.15) is 0 Å². The van der Waals surface area contributed by atoms with Crippen LogP contribution in [0.5, 0.6) is 0 Å². The highest BCUT2D eigenvalue weighted by Gasteiger charge is 2.83. The largest absolute Gasteiger partial charge is 0.469 e. The second kappa shape index (κ2) is 4.11. The molecule has 3 aliphatic carbocycles. The molecule has 0 saturated heterocycles. The molecule has 2 nitrogen and oxygen atoms in total. The molecule has 0 spiro atoms. The van der Waals surface area contributed by atoms with Crippen LogP contribution in [-0.2, 0) is 33.2 Å². The molecule has 2 heteroatoms. The fraction of sp³-hybridized carbons (Fsp3) is 0.409. The second-order valence-corrected chi connectivity index (χ2v) is 8.22. The van der Waals surface area contributed by atoms with Crippen LogP contribution >= 0.6 is 0 Å². The summed E-state index contributed by atoms with van der Waals surface area (Å²) in [5.74, 6) is -0.147. The Labute approximate surface area is 142 Å². The molecule has 0 amide bonds. The molecule has 1 fully saturated rings. The zero-order chi connectivity index (χ0) is 16.7. The van der Waals surface area contributed by atoms with Crippen LogP contribution in [0.25, 0.3) is 0 Å². The van der Waals surface area contributed by atoms with Gasteiger partial charge in [0.25, 0.3) is 0 Å². The SMILES string of the molecule is COC(=O)C1C(C)(C)C23Cc4ccccc4C12Cc1ccccc13. The lowest BCUT2D eigenvalue weighted by molar-refractivity contribution is -0.187. The van der Waals surface area contributed by atoms with Crippen LogP contribution in [0, 0.1) is 11.3 Å². The van der Waals surface area contributed by atoms with Gasteiger partial charge in [0, 0.05) is 10.8 Å². The molecule has 1 saturated carbocycles. The molecule has 0 heterocycles. The topological polar surface area (TPSA) is 26.3 Å². The highest BCUT2D eigenvalue weighted by atomic mass is 16.5. The van der Waals surface area contributed by atoms with E-state index in [0.29, 0.717) is 0 Å². The van der Waals surface area contributed by atoms with Crippen molar-refractivity contribution in [3.63, 3.8) is 0 Å². The van der Waals surface area contributed by atoms with Crippen LogP contribution in [0.2, 0.25) is 0 Å². The van der Waals surface area contributed by atoms with Gasteiger partial charge in [-0.1, -0.05) is 62.4 Å². The van der Waals surface area contributed by atoms with Gasteiger partial charge in [0.05, 0.1) is 13.0 Å². The van der Waals surface area contributed by atoms with E-state index >= 15 is 0 Å². The van der Waals surface area contributed by atoms with Crippen LogP contribution in [0.1, 0.15) is 36.1 Å². The number of hydrogen-bond donors (Lipinski definition) is 0. The molecule has 3 aliphatic rings. The summed E-state index contributed by atoms with van der Waals surface area (Å²) in [6, 6.07) is 17.5. The van der Waals surface area contributed by atoms with Crippen molar-refractivity contribution in [2.24, 2.45) is 11.3 Å². The lowest BCUT2D eigenvalue weighted by atomic mass is 9.32. The number of methoxy groups -OCH3 is 1. The summed E-state index contributed by atoms with van der Waals surface area (Å²) in [7, 11) is 1.53. The minimum absolute atomic E-state index is 0.0130. The average molecular weight is 318 g/mol. The first-order valence-electron chi connectivity index (χ1n) is 8.75. The van der Waals surface area contributed by atoms with Crippen LogP contribution in [0.3, 0.4) is 0 Å². The molecule has 3 atom stereocenters. The fourth-order valence-electron chi connectivity index (χ4n) is 6.81. The maximum atomic E-state index is 12.8. The van der Waals surface area contributed by atoms with Crippen molar-refractivity contribution < 1.29 is 9.53 Å². The summed E-state index contributed by atoms with van der Waals surface area (Å²) in [6.45, 7) is 4.53. The zero-order valence-corrected chi connectivity index (χ0v) is 14.4. The van der Waals surface area contributed by atoms with Crippen LogP contribution in [-0.4, -0.2) is 13.1 Å². The highest BCUT2D eigenvalue weighted by Crippen LogP contribution is 2.80. The summed E-state index contributed by atoms with van der Waals surface area (Å²) in [6.07, 6.45) is 1.98. The summed E-state index contributed by atoms with van der Waals surface area (Å²) >= 11 is 0. The van der Waals surface area contributed by atoms with Gasteiger partial charge in [0.15, 0.2) is 0 Å². The number of ether oxygens (including phenoxy) is 1. The van der Waals surface area contributed by atoms with Crippen molar-refractivity contribution in [2.45, 2.75) is 37.5 Å². The van der Waals surface area contributed by atoms with Crippen molar-refractivity contribution in [3.8, 4) is 0 Å². The molecule has 5 rings (SSSR count). The van der Waals surface area contributed by atoms with Crippen LogP contribution in [0.4, 0.5) is 0 Å². The minimum atomic E-state index is -0.135. The third-order valence-electron chi connectivity index (χ3n) is 7.41. The third-order valence-corrected chi connectivity index (χ3v) is 7.41. The molecule has 2 aromatic rings. The molecule has 3 unspecified atom stereocenters. The quantitative estimate of drug-likeness (QED) is 0.748. The van der Waals surface area contributed by atoms with Gasteiger partial charge in [-0.2, -0.15) is 0 Å². The van der Waals surface area contributed by atoms with Gasteiger partial charge in [-0.05, 0) is 40.5 Å². The summed E-state index contributed by atoms with van der Waals surface area (Å²) in [4.78, 5) is 12.8. The number of carbonyl (C=O) groups is 1. The molecular weight excluding hydrogens is 296 g/mol. The molecule has 0 aromatic heterocycles.